The molecule has 3 aromatic heterocycles. The Morgan fingerprint density at radius 1 is 0.621 bits per heavy atom. The first-order valence-electron chi connectivity index (χ1n) is 21.4. The van der Waals surface area contributed by atoms with Crippen molar-refractivity contribution in [2.24, 2.45) is 0 Å². The van der Waals surface area contributed by atoms with Crippen LogP contribution in [0.4, 0.5) is 0 Å². The third-order valence-electron chi connectivity index (χ3n) is 12.1. The topological polar surface area (TPSA) is 46.5 Å². The van der Waals surface area contributed by atoms with E-state index < -0.39 is 12.3 Å². The number of fused-ring (bicyclic) bond motifs is 7. The minimum absolute atomic E-state index is 0.245. The predicted molar refractivity (Wildman–Crippen MR) is 240 cm³/mol. The van der Waals surface area contributed by atoms with Crippen LogP contribution in [0.5, 0.6) is 0 Å². The zero-order valence-electron chi connectivity index (χ0n) is 35.6. The van der Waals surface area contributed by atoms with Gasteiger partial charge in [-0.15, -0.1) is 0 Å². The lowest BCUT2D eigenvalue weighted by molar-refractivity contribution is 0.587. The summed E-state index contributed by atoms with van der Waals surface area (Å²) in [6, 6.07) is 59.2. The van der Waals surface area contributed by atoms with Crippen molar-refractivity contribution in [1.29, 1.82) is 0 Å². The normalized spacial score (nSPS) is 14.3. The van der Waals surface area contributed by atoms with Gasteiger partial charge in [-0.05, 0) is 105 Å². The number of para-hydroxylation sites is 4. The Hall–Kier alpha value is -7.04. The van der Waals surface area contributed by atoms with Crippen molar-refractivity contribution in [2.45, 2.75) is 38.5 Å². The maximum atomic E-state index is 8.45. The number of imidazole rings is 1. The fraction of sp³-hybridized carbons (Fsp3) is 0.111. The highest BCUT2D eigenvalue weighted by molar-refractivity contribution is 6.12. The number of pyridine rings is 1. The summed E-state index contributed by atoms with van der Waals surface area (Å²) in [5, 5.41) is 2.33. The fourth-order valence-electron chi connectivity index (χ4n) is 9.45. The smallest absolute Gasteiger partial charge is 0.147 e. The van der Waals surface area contributed by atoms with Gasteiger partial charge in [0.2, 0.25) is 0 Å². The van der Waals surface area contributed by atoms with Crippen molar-refractivity contribution in [3.05, 3.63) is 210 Å². The SMILES string of the molecule is [2H]C([2H])([2H])c1ccnc(C2(c3cc(-c4cccc5c4nc(-c4cccc6c4[nH]c4ccccc46)n5-c4ccccc4)cc(C(C)(C)C)c3)c3ccccc3-c3ccccc32)c1. The minimum Gasteiger partial charge on any atom is -0.354 e. The average Bonchev–Trinajstić information content (AvgIpc) is 3.95. The molecule has 4 heteroatoms. The molecule has 58 heavy (non-hydrogen) atoms. The number of aryl methyl sites for hydroxylation is 1. The summed E-state index contributed by atoms with van der Waals surface area (Å²) in [4.78, 5) is 14.4. The maximum absolute atomic E-state index is 8.45. The number of hydrogen-bond donors (Lipinski definition) is 1. The van der Waals surface area contributed by atoms with E-state index in [9.17, 15) is 0 Å². The monoisotopic (exact) mass is 749 g/mol. The summed E-state index contributed by atoms with van der Waals surface area (Å²) in [5.41, 5.74) is 14.4. The third-order valence-corrected chi connectivity index (χ3v) is 12.1. The Morgan fingerprint density at radius 3 is 2.07 bits per heavy atom. The molecule has 0 saturated carbocycles. The molecule has 1 N–H and O–H groups in total. The summed E-state index contributed by atoms with van der Waals surface area (Å²) in [5.74, 6) is 0.846. The number of aromatic nitrogens is 4. The van der Waals surface area contributed by atoms with Crippen molar-refractivity contribution in [3.8, 4) is 39.3 Å². The number of hydrogen-bond acceptors (Lipinski definition) is 2. The lowest BCUT2D eigenvalue weighted by Crippen LogP contribution is -2.30. The first-order valence-corrected chi connectivity index (χ1v) is 19.9. The summed E-state index contributed by atoms with van der Waals surface area (Å²) < 4.78 is 27.6. The molecule has 0 spiro atoms. The summed E-state index contributed by atoms with van der Waals surface area (Å²) in [7, 11) is 0. The van der Waals surface area contributed by atoms with E-state index in [0.29, 0.717) is 5.69 Å². The van der Waals surface area contributed by atoms with E-state index >= 15 is 0 Å². The Bertz CT molecular complexity index is 3300. The first kappa shape index (κ1) is 31.1. The van der Waals surface area contributed by atoms with Gasteiger partial charge in [-0.1, -0.05) is 142 Å². The highest BCUT2D eigenvalue weighted by atomic mass is 15.1. The summed E-state index contributed by atoms with van der Waals surface area (Å²) in [6.07, 6.45) is 1.66. The van der Waals surface area contributed by atoms with Gasteiger partial charge in [-0.25, -0.2) is 4.98 Å². The number of benzene rings is 7. The Balaban J connectivity index is 1.23. The molecule has 1 aliphatic rings. The van der Waals surface area contributed by atoms with Crippen LogP contribution in [0.2, 0.25) is 0 Å². The molecule has 11 rings (SSSR count). The van der Waals surface area contributed by atoms with Crippen molar-refractivity contribution < 1.29 is 4.11 Å². The molecule has 1 aliphatic carbocycles. The van der Waals surface area contributed by atoms with Crippen LogP contribution in [0.3, 0.4) is 0 Å². The molecule has 0 saturated heterocycles. The lowest BCUT2D eigenvalue weighted by atomic mass is 9.68. The van der Waals surface area contributed by atoms with E-state index in [0.717, 1.165) is 89.0 Å². The van der Waals surface area contributed by atoms with Crippen molar-refractivity contribution >= 4 is 32.8 Å². The van der Waals surface area contributed by atoms with Crippen LogP contribution >= 0.6 is 0 Å². The molecule has 3 heterocycles. The largest absolute Gasteiger partial charge is 0.354 e. The molecule has 278 valence electrons. The Labute approximate surface area is 342 Å². The number of H-pyrrole nitrogens is 1. The van der Waals surface area contributed by atoms with Crippen LogP contribution in [0.25, 0.3) is 72.2 Å². The molecule has 7 aromatic carbocycles. The summed E-state index contributed by atoms with van der Waals surface area (Å²) in [6.45, 7) is 4.43. The molecular weight excluding hydrogens is 705 g/mol. The Kier molecular flexibility index (Phi) is 6.83. The van der Waals surface area contributed by atoms with Crippen molar-refractivity contribution in [1.82, 2.24) is 19.5 Å². The number of rotatable bonds is 5. The van der Waals surface area contributed by atoms with Crippen LogP contribution in [0.15, 0.2) is 176 Å². The Morgan fingerprint density at radius 2 is 1.29 bits per heavy atom. The number of nitrogens with one attached hydrogen (secondary N) is 1. The molecule has 10 aromatic rings. The molecule has 4 nitrogen and oxygen atoms in total. The predicted octanol–water partition coefficient (Wildman–Crippen LogP) is 13.4. The fourth-order valence-corrected chi connectivity index (χ4v) is 9.45. The zero-order valence-corrected chi connectivity index (χ0v) is 32.6. The van der Waals surface area contributed by atoms with Crippen molar-refractivity contribution in [2.75, 3.05) is 0 Å². The minimum atomic E-state index is -2.31. The first-order chi connectivity index (χ1) is 29.5. The second kappa shape index (κ2) is 12.7. The lowest BCUT2D eigenvalue weighted by Gasteiger charge is -2.34. The van der Waals surface area contributed by atoms with E-state index in [1.54, 1.807) is 18.3 Å². The molecule has 0 bridgehead atoms. The summed E-state index contributed by atoms with van der Waals surface area (Å²) >= 11 is 0. The van der Waals surface area contributed by atoms with Crippen LogP contribution in [0.1, 0.15) is 58.4 Å². The van der Waals surface area contributed by atoms with Gasteiger partial charge >= 0.3 is 0 Å². The van der Waals surface area contributed by atoms with Gasteiger partial charge in [0.05, 0.1) is 27.7 Å². The maximum Gasteiger partial charge on any atom is 0.147 e. The van der Waals surface area contributed by atoms with Gasteiger partial charge in [0.1, 0.15) is 5.82 Å². The van der Waals surface area contributed by atoms with Gasteiger partial charge in [0, 0.05) is 43.4 Å². The molecular formula is C54H42N4. The van der Waals surface area contributed by atoms with Crippen LogP contribution in [-0.2, 0) is 10.8 Å². The van der Waals surface area contributed by atoms with Gasteiger partial charge in [-0.3, -0.25) is 9.55 Å². The molecule has 0 amide bonds. The molecule has 0 fully saturated rings. The number of nitrogens with zero attached hydrogens (tertiary/aromatic N) is 3. The van der Waals surface area contributed by atoms with Crippen LogP contribution in [0, 0.1) is 6.85 Å². The highest BCUT2D eigenvalue weighted by Crippen LogP contribution is 2.56. The van der Waals surface area contributed by atoms with Gasteiger partial charge in [0.15, 0.2) is 0 Å². The van der Waals surface area contributed by atoms with Gasteiger partial charge < -0.3 is 4.98 Å². The molecule has 0 aliphatic heterocycles. The highest BCUT2D eigenvalue weighted by Gasteiger charge is 2.47. The van der Waals surface area contributed by atoms with E-state index in [-0.39, 0.29) is 11.0 Å². The van der Waals surface area contributed by atoms with E-state index in [4.69, 9.17) is 14.1 Å². The quantitative estimate of drug-likeness (QED) is 0.190. The van der Waals surface area contributed by atoms with E-state index in [2.05, 4.69) is 182 Å². The van der Waals surface area contributed by atoms with Gasteiger partial charge in [0.25, 0.3) is 0 Å². The van der Waals surface area contributed by atoms with E-state index in [1.165, 1.54) is 5.39 Å². The standard InChI is InChI=1S/C54H42N4/c1-34-28-29-55-49(30-34)54(45-24-11-8-18-40(45)41-19-9-12-25-46(41)54)37-32-35(31-36(33-37)53(2,3)4)39-21-15-27-48-51(39)57-52(58(48)38-16-6-5-7-17-38)44-23-14-22-43-42-20-10-13-26-47(42)56-50(43)44/h5-33,56H,1-4H3/i1D3. The second-order valence-electron chi connectivity index (χ2n) is 16.5. The third kappa shape index (κ3) is 5.01. The van der Waals surface area contributed by atoms with Crippen LogP contribution in [-0.4, -0.2) is 19.5 Å². The molecule has 0 unspecified atom stereocenters. The van der Waals surface area contributed by atoms with Gasteiger partial charge in [-0.2, -0.15) is 0 Å². The molecule has 0 radical (unpaired) electrons. The van der Waals surface area contributed by atoms with Crippen molar-refractivity contribution in [3.63, 3.8) is 0 Å². The van der Waals surface area contributed by atoms with E-state index in [1.807, 2.05) is 6.07 Å². The second-order valence-corrected chi connectivity index (χ2v) is 16.5. The van der Waals surface area contributed by atoms with Crippen LogP contribution < -0.4 is 0 Å². The average molecular weight is 750 g/mol. The zero-order chi connectivity index (χ0) is 41.7. The number of aromatic amines is 1. The molecule has 0 atom stereocenters.